The number of benzene rings is 2. The van der Waals surface area contributed by atoms with Gasteiger partial charge in [0.25, 0.3) is 0 Å². The zero-order chi connectivity index (χ0) is 14.8. The van der Waals surface area contributed by atoms with Crippen LogP contribution in [0, 0.1) is 10.1 Å². The molecule has 104 valence electrons. The fourth-order valence-electron chi connectivity index (χ4n) is 1.81. The molecule has 0 bridgehead atoms. The number of hydrogen-bond acceptors (Lipinski definition) is 2. The molecule has 1 N–H and O–H groups in total. The summed E-state index contributed by atoms with van der Waals surface area (Å²) in [6.07, 6.45) is -4.45. The Balaban J connectivity index is 2.40. The fourth-order valence-corrected chi connectivity index (χ4v) is 1.81. The maximum atomic E-state index is 12.9. The van der Waals surface area contributed by atoms with E-state index in [0.717, 1.165) is 6.07 Å². The Morgan fingerprint density at radius 1 is 1.00 bits per heavy atom. The number of nitro groups is 1. The Bertz CT molecular complexity index is 624. The molecule has 0 aliphatic heterocycles. The van der Waals surface area contributed by atoms with E-state index < -0.39 is 16.8 Å². The average Bonchev–Trinajstić information content (AvgIpc) is 2.38. The van der Waals surface area contributed by atoms with Crippen molar-refractivity contribution in [1.29, 1.82) is 0 Å². The lowest BCUT2D eigenvalue weighted by atomic mass is 9.99. The van der Waals surface area contributed by atoms with Gasteiger partial charge in [0.2, 0.25) is 0 Å². The molecule has 0 amide bonds. The number of nitrogens with one attached hydrogen (secondary N) is 1. The number of rotatable bonds is 3. The third-order valence-electron chi connectivity index (χ3n) is 2.65. The number of hydrazine groups is 1. The molecule has 0 saturated carbocycles. The molecule has 0 spiro atoms. The minimum absolute atomic E-state index is 0.0349. The smallest absolute Gasteiger partial charge is 0.235 e. The van der Waals surface area contributed by atoms with Crippen LogP contribution >= 0.6 is 0 Å². The molecule has 0 fully saturated rings. The molecule has 0 aliphatic carbocycles. The molecule has 2 rings (SSSR count). The van der Waals surface area contributed by atoms with Gasteiger partial charge in [-0.05, 0) is 29.3 Å². The Kier molecular flexibility index (Phi) is 3.60. The lowest BCUT2D eigenvalue weighted by Crippen LogP contribution is -2.08. The SMILES string of the molecule is O=[N+]([O-])Nc1ccc(-c2ccccc2C(F)(F)F)cc1. The van der Waals surface area contributed by atoms with E-state index in [0.29, 0.717) is 5.56 Å². The summed E-state index contributed by atoms with van der Waals surface area (Å²) in [6.45, 7) is 0. The molecule has 20 heavy (non-hydrogen) atoms. The first-order valence-electron chi connectivity index (χ1n) is 5.55. The van der Waals surface area contributed by atoms with Crippen molar-refractivity contribution in [1.82, 2.24) is 0 Å². The van der Waals surface area contributed by atoms with Crippen molar-refractivity contribution < 1.29 is 18.2 Å². The lowest BCUT2D eigenvalue weighted by Gasteiger charge is -2.12. The first-order chi connectivity index (χ1) is 9.38. The molecule has 0 unspecified atom stereocenters. The van der Waals surface area contributed by atoms with E-state index in [1.54, 1.807) is 0 Å². The van der Waals surface area contributed by atoms with Gasteiger partial charge in [-0.3, -0.25) is 0 Å². The summed E-state index contributed by atoms with van der Waals surface area (Å²) in [5.74, 6) is 0. The van der Waals surface area contributed by atoms with Crippen molar-refractivity contribution >= 4 is 5.69 Å². The quantitative estimate of drug-likeness (QED) is 0.684. The van der Waals surface area contributed by atoms with Crippen molar-refractivity contribution in [2.45, 2.75) is 6.18 Å². The van der Waals surface area contributed by atoms with Crippen LogP contribution in [0.4, 0.5) is 18.9 Å². The van der Waals surface area contributed by atoms with Crippen molar-refractivity contribution in [2.24, 2.45) is 0 Å². The molecule has 0 aliphatic rings. The third-order valence-corrected chi connectivity index (χ3v) is 2.65. The van der Waals surface area contributed by atoms with Crippen LogP contribution in [-0.4, -0.2) is 5.03 Å². The highest BCUT2D eigenvalue weighted by atomic mass is 19.4. The van der Waals surface area contributed by atoms with Gasteiger partial charge in [0, 0.05) is 0 Å². The van der Waals surface area contributed by atoms with Crippen LogP contribution in [0.3, 0.4) is 0 Å². The Morgan fingerprint density at radius 2 is 1.60 bits per heavy atom. The molecule has 0 heterocycles. The number of alkyl halides is 3. The second-order valence-corrected chi connectivity index (χ2v) is 3.99. The summed E-state index contributed by atoms with van der Waals surface area (Å²) >= 11 is 0. The average molecular weight is 282 g/mol. The van der Waals surface area contributed by atoms with Crippen LogP contribution in [0.2, 0.25) is 0 Å². The molecule has 7 heteroatoms. The molecule has 0 radical (unpaired) electrons. The predicted molar refractivity (Wildman–Crippen MR) is 67.5 cm³/mol. The predicted octanol–water partition coefficient (Wildman–Crippen LogP) is 3.98. The van der Waals surface area contributed by atoms with Gasteiger partial charge in [-0.2, -0.15) is 13.2 Å². The maximum absolute atomic E-state index is 12.9. The van der Waals surface area contributed by atoms with Gasteiger partial charge in [0.15, 0.2) is 5.03 Å². The number of hydrogen-bond donors (Lipinski definition) is 1. The number of halogens is 3. The van der Waals surface area contributed by atoms with E-state index in [2.05, 4.69) is 0 Å². The van der Waals surface area contributed by atoms with Gasteiger partial charge in [-0.25, -0.2) is 10.1 Å². The van der Waals surface area contributed by atoms with Crippen molar-refractivity contribution in [3.63, 3.8) is 0 Å². The summed E-state index contributed by atoms with van der Waals surface area (Å²) in [7, 11) is 0. The maximum Gasteiger partial charge on any atom is 0.417 e. The zero-order valence-corrected chi connectivity index (χ0v) is 10.0. The minimum Gasteiger partial charge on any atom is -0.235 e. The third kappa shape index (κ3) is 3.05. The van der Waals surface area contributed by atoms with E-state index in [1.165, 1.54) is 42.5 Å². The molecule has 0 saturated heterocycles. The second kappa shape index (κ2) is 5.20. The summed E-state index contributed by atoms with van der Waals surface area (Å²) < 4.78 is 38.7. The van der Waals surface area contributed by atoms with Crippen LogP contribution in [0.5, 0.6) is 0 Å². The van der Waals surface area contributed by atoms with Crippen LogP contribution in [0.15, 0.2) is 48.5 Å². The molecule has 2 aromatic carbocycles. The van der Waals surface area contributed by atoms with Crippen LogP contribution in [-0.2, 0) is 6.18 Å². The van der Waals surface area contributed by atoms with E-state index >= 15 is 0 Å². The second-order valence-electron chi connectivity index (χ2n) is 3.99. The highest BCUT2D eigenvalue weighted by molar-refractivity contribution is 5.69. The molecular formula is C13H9F3N2O2. The fraction of sp³-hybridized carbons (Fsp3) is 0.0769. The summed E-state index contributed by atoms with van der Waals surface area (Å²) in [4.78, 5) is 10.3. The first kappa shape index (κ1) is 13.9. The normalized spacial score (nSPS) is 11.2. The molecule has 0 atom stereocenters. The van der Waals surface area contributed by atoms with E-state index in [1.807, 2.05) is 5.43 Å². The van der Waals surface area contributed by atoms with Gasteiger partial charge < -0.3 is 0 Å². The van der Waals surface area contributed by atoms with Gasteiger partial charge in [0.1, 0.15) is 5.69 Å². The van der Waals surface area contributed by atoms with Gasteiger partial charge >= 0.3 is 6.18 Å². The van der Waals surface area contributed by atoms with Crippen molar-refractivity contribution in [3.05, 3.63) is 64.2 Å². The van der Waals surface area contributed by atoms with E-state index in [9.17, 15) is 23.3 Å². The van der Waals surface area contributed by atoms with E-state index in [4.69, 9.17) is 0 Å². The molecule has 4 nitrogen and oxygen atoms in total. The summed E-state index contributed by atoms with van der Waals surface area (Å²) in [6, 6.07) is 10.7. The topological polar surface area (TPSA) is 55.2 Å². The zero-order valence-electron chi connectivity index (χ0n) is 10.0. The van der Waals surface area contributed by atoms with E-state index in [-0.39, 0.29) is 11.3 Å². The highest BCUT2D eigenvalue weighted by Gasteiger charge is 2.33. The van der Waals surface area contributed by atoms with Gasteiger partial charge in [-0.1, -0.05) is 30.3 Å². The van der Waals surface area contributed by atoms with Gasteiger partial charge in [0.05, 0.1) is 5.56 Å². The van der Waals surface area contributed by atoms with Crippen LogP contribution in [0.1, 0.15) is 5.56 Å². The summed E-state index contributed by atoms with van der Waals surface area (Å²) in [5.41, 5.74) is 1.76. The molecule has 2 aromatic rings. The van der Waals surface area contributed by atoms with Crippen molar-refractivity contribution in [3.8, 4) is 11.1 Å². The molecular weight excluding hydrogens is 273 g/mol. The van der Waals surface area contributed by atoms with Crippen LogP contribution in [0.25, 0.3) is 11.1 Å². The van der Waals surface area contributed by atoms with Crippen LogP contribution < -0.4 is 5.43 Å². The standard InChI is InChI=1S/C13H9F3N2O2/c14-13(15,16)12-4-2-1-3-11(12)9-5-7-10(8-6-9)17-18(19)20/h1-8,17H. The number of anilines is 1. The Hall–Kier alpha value is -2.57. The minimum atomic E-state index is -4.45. The van der Waals surface area contributed by atoms with Gasteiger partial charge in [-0.15, -0.1) is 5.43 Å². The lowest BCUT2D eigenvalue weighted by molar-refractivity contribution is -0.445. The Labute approximate surface area is 112 Å². The molecule has 0 aromatic heterocycles. The Morgan fingerprint density at radius 3 is 2.15 bits per heavy atom. The largest absolute Gasteiger partial charge is 0.417 e. The van der Waals surface area contributed by atoms with Crippen molar-refractivity contribution in [2.75, 3.05) is 5.43 Å². The highest BCUT2D eigenvalue weighted by Crippen LogP contribution is 2.37. The first-order valence-corrected chi connectivity index (χ1v) is 5.55. The monoisotopic (exact) mass is 282 g/mol. The summed E-state index contributed by atoms with van der Waals surface area (Å²) in [5, 5.41) is 9.52. The number of nitrogens with zero attached hydrogens (tertiary/aromatic N) is 1.